The molecule has 2 aromatic rings. The highest BCUT2D eigenvalue weighted by Crippen LogP contribution is 2.47. The summed E-state index contributed by atoms with van der Waals surface area (Å²) in [6.07, 6.45) is 3.16. The zero-order valence-corrected chi connectivity index (χ0v) is 19.0. The number of carbonyl (C=O) groups excluding carboxylic acids is 1. The van der Waals surface area contributed by atoms with Gasteiger partial charge in [-0.3, -0.25) is 4.79 Å². The van der Waals surface area contributed by atoms with Gasteiger partial charge in [0, 0.05) is 16.7 Å². The van der Waals surface area contributed by atoms with Crippen molar-refractivity contribution in [1.29, 1.82) is 0 Å². The van der Waals surface area contributed by atoms with E-state index in [0.29, 0.717) is 64.2 Å². The molecule has 168 valence electrons. The maximum absolute atomic E-state index is 13.3. The number of benzene rings is 2. The van der Waals surface area contributed by atoms with Gasteiger partial charge in [-0.15, -0.1) is 0 Å². The van der Waals surface area contributed by atoms with Crippen LogP contribution in [0.3, 0.4) is 0 Å². The Morgan fingerprint density at radius 3 is 2.13 bits per heavy atom. The standard InChI is InChI=1S/C24H31NO6/c1-7-9-15(21(26)16-10-11-18(25)19(13-16)31-8-2)12-17-14-20(27-3)23(29-5)24(30-6)22(17)28-4/h10-14H,7-9,25H2,1-6H3/b15-12+. The molecule has 0 saturated carbocycles. The van der Waals surface area contributed by atoms with Gasteiger partial charge >= 0.3 is 0 Å². The average Bonchev–Trinajstić information content (AvgIpc) is 2.78. The van der Waals surface area contributed by atoms with Gasteiger partial charge in [0.05, 0.1) is 40.7 Å². The van der Waals surface area contributed by atoms with Crippen molar-refractivity contribution in [2.45, 2.75) is 26.7 Å². The summed E-state index contributed by atoms with van der Waals surface area (Å²) < 4.78 is 27.5. The third kappa shape index (κ3) is 5.23. The van der Waals surface area contributed by atoms with Crippen molar-refractivity contribution in [2.24, 2.45) is 0 Å². The monoisotopic (exact) mass is 429 g/mol. The molecule has 0 aromatic heterocycles. The van der Waals surface area contributed by atoms with Crippen molar-refractivity contribution >= 4 is 17.5 Å². The molecule has 7 nitrogen and oxygen atoms in total. The van der Waals surface area contributed by atoms with E-state index in [1.807, 2.05) is 13.8 Å². The number of carbonyl (C=O) groups is 1. The lowest BCUT2D eigenvalue weighted by atomic mass is 9.96. The summed E-state index contributed by atoms with van der Waals surface area (Å²) in [5.41, 5.74) is 8.21. The van der Waals surface area contributed by atoms with Crippen LogP contribution in [-0.4, -0.2) is 40.8 Å². The van der Waals surface area contributed by atoms with E-state index in [9.17, 15) is 4.79 Å². The molecular formula is C24H31NO6. The lowest BCUT2D eigenvalue weighted by Crippen LogP contribution is -2.06. The van der Waals surface area contributed by atoms with Crippen LogP contribution in [0.15, 0.2) is 29.8 Å². The van der Waals surface area contributed by atoms with Gasteiger partial charge < -0.3 is 29.4 Å². The number of ketones is 1. The van der Waals surface area contributed by atoms with E-state index in [1.54, 1.807) is 37.5 Å². The Morgan fingerprint density at radius 2 is 1.58 bits per heavy atom. The maximum Gasteiger partial charge on any atom is 0.207 e. The average molecular weight is 430 g/mol. The van der Waals surface area contributed by atoms with Crippen molar-refractivity contribution in [2.75, 3.05) is 40.8 Å². The fourth-order valence-corrected chi connectivity index (χ4v) is 3.32. The van der Waals surface area contributed by atoms with Gasteiger partial charge in [-0.1, -0.05) is 13.3 Å². The minimum Gasteiger partial charge on any atom is -0.493 e. The number of nitrogen functional groups attached to an aromatic ring is 1. The van der Waals surface area contributed by atoms with E-state index in [1.165, 1.54) is 21.3 Å². The van der Waals surface area contributed by atoms with Gasteiger partial charge in [0.2, 0.25) is 11.5 Å². The fraction of sp³-hybridized carbons (Fsp3) is 0.375. The van der Waals surface area contributed by atoms with Crippen molar-refractivity contribution in [3.05, 3.63) is 41.0 Å². The molecule has 0 fully saturated rings. The topological polar surface area (TPSA) is 89.2 Å². The minimum atomic E-state index is -0.112. The highest BCUT2D eigenvalue weighted by molar-refractivity contribution is 6.12. The lowest BCUT2D eigenvalue weighted by molar-refractivity contribution is 0.103. The van der Waals surface area contributed by atoms with Crippen LogP contribution in [0.1, 0.15) is 42.6 Å². The van der Waals surface area contributed by atoms with E-state index < -0.39 is 0 Å². The highest BCUT2D eigenvalue weighted by atomic mass is 16.5. The quantitative estimate of drug-likeness (QED) is 0.313. The first kappa shape index (κ1) is 23.9. The maximum atomic E-state index is 13.3. The Labute approximate surface area is 183 Å². The van der Waals surface area contributed by atoms with Gasteiger partial charge in [0.1, 0.15) is 5.75 Å². The third-order valence-electron chi connectivity index (χ3n) is 4.73. The Hall–Kier alpha value is -3.35. The van der Waals surface area contributed by atoms with Crippen LogP contribution >= 0.6 is 0 Å². The molecule has 0 aliphatic heterocycles. The molecule has 0 radical (unpaired) electrons. The number of rotatable bonds is 11. The number of hydrogen-bond donors (Lipinski definition) is 1. The molecule has 0 bridgehead atoms. The molecular weight excluding hydrogens is 398 g/mol. The van der Waals surface area contributed by atoms with E-state index in [0.717, 1.165) is 6.42 Å². The molecule has 0 saturated heterocycles. The van der Waals surface area contributed by atoms with Crippen molar-refractivity contribution in [1.82, 2.24) is 0 Å². The number of ether oxygens (including phenoxy) is 5. The molecule has 0 amide bonds. The summed E-state index contributed by atoms with van der Waals surface area (Å²) in [4.78, 5) is 13.3. The molecule has 0 aliphatic carbocycles. The summed E-state index contributed by atoms with van der Waals surface area (Å²) in [6, 6.07) is 6.83. The third-order valence-corrected chi connectivity index (χ3v) is 4.73. The largest absolute Gasteiger partial charge is 0.493 e. The summed E-state index contributed by atoms with van der Waals surface area (Å²) >= 11 is 0. The van der Waals surface area contributed by atoms with E-state index >= 15 is 0 Å². The van der Waals surface area contributed by atoms with Crippen LogP contribution in [0, 0.1) is 0 Å². The molecule has 0 spiro atoms. The number of hydrogen-bond acceptors (Lipinski definition) is 7. The van der Waals surface area contributed by atoms with E-state index in [2.05, 4.69) is 0 Å². The lowest BCUT2D eigenvalue weighted by Gasteiger charge is -2.18. The van der Waals surface area contributed by atoms with Crippen molar-refractivity contribution < 1.29 is 28.5 Å². The molecule has 2 N–H and O–H groups in total. The molecule has 0 aliphatic rings. The zero-order chi connectivity index (χ0) is 23.0. The van der Waals surface area contributed by atoms with Crippen LogP contribution < -0.4 is 29.4 Å². The van der Waals surface area contributed by atoms with Crippen LogP contribution in [-0.2, 0) is 0 Å². The van der Waals surface area contributed by atoms with Gasteiger partial charge in [-0.25, -0.2) is 0 Å². The number of allylic oxidation sites excluding steroid dienone is 1. The molecule has 7 heteroatoms. The molecule has 2 aromatic carbocycles. The van der Waals surface area contributed by atoms with Crippen LogP contribution in [0.2, 0.25) is 0 Å². The van der Waals surface area contributed by atoms with Gasteiger partial charge in [-0.2, -0.15) is 0 Å². The first-order valence-electron chi connectivity index (χ1n) is 10.1. The normalized spacial score (nSPS) is 11.1. The molecule has 0 heterocycles. The minimum absolute atomic E-state index is 0.112. The first-order chi connectivity index (χ1) is 14.9. The van der Waals surface area contributed by atoms with Gasteiger partial charge in [0.25, 0.3) is 0 Å². The second-order valence-electron chi connectivity index (χ2n) is 6.70. The predicted molar refractivity (Wildman–Crippen MR) is 122 cm³/mol. The van der Waals surface area contributed by atoms with E-state index in [4.69, 9.17) is 29.4 Å². The summed E-state index contributed by atoms with van der Waals surface area (Å²) in [5, 5.41) is 0. The SMILES string of the molecule is CCC/C(=C\c1cc(OC)c(OC)c(OC)c1OC)C(=O)c1ccc(N)c(OCC)c1. The number of methoxy groups -OCH3 is 4. The summed E-state index contributed by atoms with van der Waals surface area (Å²) in [6.45, 7) is 4.34. The summed E-state index contributed by atoms with van der Waals surface area (Å²) in [7, 11) is 6.13. The Bertz CT molecular complexity index is 952. The van der Waals surface area contributed by atoms with E-state index in [-0.39, 0.29) is 5.78 Å². The number of anilines is 1. The van der Waals surface area contributed by atoms with Gasteiger partial charge in [-0.05, 0) is 43.7 Å². The van der Waals surface area contributed by atoms with Crippen molar-refractivity contribution in [3.63, 3.8) is 0 Å². The summed E-state index contributed by atoms with van der Waals surface area (Å²) in [5.74, 6) is 2.12. The smallest absolute Gasteiger partial charge is 0.207 e. The number of Topliss-reactive ketones (excluding diaryl/α,β-unsaturated/α-hetero) is 1. The van der Waals surface area contributed by atoms with Crippen LogP contribution in [0.5, 0.6) is 28.7 Å². The second kappa shape index (κ2) is 11.2. The Balaban J connectivity index is 2.63. The first-order valence-corrected chi connectivity index (χ1v) is 10.1. The Morgan fingerprint density at radius 1 is 0.903 bits per heavy atom. The number of nitrogens with two attached hydrogens (primary N) is 1. The predicted octanol–water partition coefficient (Wildman–Crippen LogP) is 4.77. The Kier molecular flexibility index (Phi) is 8.61. The fourth-order valence-electron chi connectivity index (χ4n) is 3.32. The molecule has 2 rings (SSSR count). The van der Waals surface area contributed by atoms with Crippen LogP contribution in [0.4, 0.5) is 5.69 Å². The highest BCUT2D eigenvalue weighted by Gasteiger charge is 2.22. The molecule has 0 unspecified atom stereocenters. The van der Waals surface area contributed by atoms with Gasteiger partial charge in [0.15, 0.2) is 17.3 Å². The van der Waals surface area contributed by atoms with Crippen molar-refractivity contribution in [3.8, 4) is 28.7 Å². The second-order valence-corrected chi connectivity index (χ2v) is 6.70. The molecule has 0 atom stereocenters. The molecule has 31 heavy (non-hydrogen) atoms. The zero-order valence-electron chi connectivity index (χ0n) is 19.0. The van der Waals surface area contributed by atoms with Crippen LogP contribution in [0.25, 0.3) is 6.08 Å².